The Morgan fingerprint density at radius 2 is 2.50 bits per heavy atom. The maximum atomic E-state index is 4.47. The van der Waals surface area contributed by atoms with E-state index in [9.17, 15) is 0 Å². The van der Waals surface area contributed by atoms with Crippen LogP contribution in [0, 0.1) is 5.92 Å². The van der Waals surface area contributed by atoms with Gasteiger partial charge in [-0.3, -0.25) is 0 Å². The second-order valence-electron chi connectivity index (χ2n) is 3.90. The number of piperidine rings is 1. The molecule has 1 saturated heterocycles. The molecule has 3 nitrogen and oxygen atoms in total. The molecule has 1 N–H and O–H groups in total. The molecule has 1 aromatic rings. The van der Waals surface area contributed by atoms with Gasteiger partial charge in [0, 0.05) is 11.9 Å². The molecule has 88 valence electrons. The van der Waals surface area contributed by atoms with Crippen LogP contribution in [0.25, 0.3) is 0 Å². The van der Waals surface area contributed by atoms with E-state index in [1.54, 1.807) is 11.8 Å². The first kappa shape index (κ1) is 12.2. The highest BCUT2D eigenvalue weighted by atomic mass is 32.2. The molecule has 5 heteroatoms. The van der Waals surface area contributed by atoms with Gasteiger partial charge in [0.05, 0.1) is 0 Å². The van der Waals surface area contributed by atoms with E-state index in [2.05, 4.69) is 15.3 Å². The Balaban J connectivity index is 1.83. The second kappa shape index (κ2) is 6.47. The molecule has 0 aromatic carbocycles. The molecule has 0 saturated carbocycles. The van der Waals surface area contributed by atoms with Crippen molar-refractivity contribution in [1.29, 1.82) is 0 Å². The third-order valence-electron chi connectivity index (χ3n) is 2.66. The van der Waals surface area contributed by atoms with Crippen LogP contribution in [0.4, 0.5) is 0 Å². The van der Waals surface area contributed by atoms with Crippen molar-refractivity contribution in [2.75, 3.05) is 25.1 Å². The summed E-state index contributed by atoms with van der Waals surface area (Å²) in [5.41, 5.74) is 0. The summed E-state index contributed by atoms with van der Waals surface area (Å²) in [5.74, 6) is 1.96. The third kappa shape index (κ3) is 3.64. The number of nitrogens with zero attached hydrogens (tertiary/aromatic N) is 2. The van der Waals surface area contributed by atoms with Crippen LogP contribution >= 0.6 is 23.5 Å². The Labute approximate surface area is 105 Å². The predicted molar refractivity (Wildman–Crippen MR) is 70.1 cm³/mol. The molecule has 1 atom stereocenters. The zero-order valence-corrected chi connectivity index (χ0v) is 11.1. The molecule has 1 fully saturated rings. The summed E-state index contributed by atoms with van der Waals surface area (Å²) in [5, 5.41) is 5.41. The lowest BCUT2D eigenvalue weighted by atomic mass is 10.0. The van der Waals surface area contributed by atoms with Gasteiger partial charge in [-0.1, -0.05) is 11.8 Å². The van der Waals surface area contributed by atoms with Crippen molar-refractivity contribution < 1.29 is 0 Å². The minimum Gasteiger partial charge on any atom is -0.316 e. The predicted octanol–water partition coefficient (Wildman–Crippen LogP) is 2.29. The van der Waals surface area contributed by atoms with Gasteiger partial charge in [-0.05, 0) is 44.2 Å². The fourth-order valence-corrected chi connectivity index (χ4v) is 3.19. The fourth-order valence-electron chi connectivity index (χ4n) is 1.77. The summed E-state index contributed by atoms with van der Waals surface area (Å²) < 4.78 is 0. The molecule has 1 aromatic heterocycles. The van der Waals surface area contributed by atoms with Gasteiger partial charge in [0.15, 0.2) is 5.16 Å². The van der Waals surface area contributed by atoms with Gasteiger partial charge in [0.2, 0.25) is 0 Å². The van der Waals surface area contributed by atoms with Gasteiger partial charge < -0.3 is 5.32 Å². The SMILES string of the molecule is CSc1nccc(SC[C@H]2CCCNC2)n1. The molecule has 1 aliphatic rings. The third-order valence-corrected chi connectivity index (χ3v) is 4.38. The first-order valence-corrected chi connectivity index (χ1v) is 7.80. The van der Waals surface area contributed by atoms with Crippen molar-refractivity contribution in [2.45, 2.75) is 23.0 Å². The van der Waals surface area contributed by atoms with Gasteiger partial charge >= 0.3 is 0 Å². The number of aromatic nitrogens is 2. The first-order chi connectivity index (χ1) is 7.88. The van der Waals surface area contributed by atoms with Crippen LogP contribution in [0.5, 0.6) is 0 Å². The van der Waals surface area contributed by atoms with Crippen molar-refractivity contribution >= 4 is 23.5 Å². The van der Waals surface area contributed by atoms with Crippen molar-refractivity contribution in [1.82, 2.24) is 15.3 Å². The van der Waals surface area contributed by atoms with Crippen molar-refractivity contribution in [2.24, 2.45) is 5.92 Å². The van der Waals surface area contributed by atoms with Crippen LogP contribution in [-0.4, -0.2) is 35.1 Å². The Morgan fingerprint density at radius 1 is 1.56 bits per heavy atom. The topological polar surface area (TPSA) is 37.8 Å². The zero-order chi connectivity index (χ0) is 11.2. The van der Waals surface area contributed by atoms with Crippen LogP contribution in [0.15, 0.2) is 22.4 Å². The van der Waals surface area contributed by atoms with Crippen LogP contribution in [0.2, 0.25) is 0 Å². The highest BCUT2D eigenvalue weighted by molar-refractivity contribution is 7.99. The molecule has 2 heterocycles. The average molecular weight is 255 g/mol. The molecule has 0 spiro atoms. The zero-order valence-electron chi connectivity index (χ0n) is 9.48. The van der Waals surface area contributed by atoms with E-state index in [4.69, 9.17) is 0 Å². The molecule has 0 radical (unpaired) electrons. The summed E-state index contributed by atoms with van der Waals surface area (Å²) in [7, 11) is 0. The van der Waals surface area contributed by atoms with Crippen LogP contribution in [-0.2, 0) is 0 Å². The van der Waals surface area contributed by atoms with Gasteiger partial charge in [-0.2, -0.15) is 0 Å². The lowest BCUT2D eigenvalue weighted by molar-refractivity contribution is 0.410. The molecule has 0 aliphatic carbocycles. The number of hydrogen-bond acceptors (Lipinski definition) is 5. The fraction of sp³-hybridized carbons (Fsp3) is 0.636. The highest BCUT2D eigenvalue weighted by Crippen LogP contribution is 2.23. The first-order valence-electron chi connectivity index (χ1n) is 5.59. The van der Waals surface area contributed by atoms with Gasteiger partial charge in [0.25, 0.3) is 0 Å². The molecular formula is C11H17N3S2. The Hall–Kier alpha value is -0.260. The molecule has 16 heavy (non-hydrogen) atoms. The van der Waals surface area contributed by atoms with E-state index in [0.717, 1.165) is 28.4 Å². The van der Waals surface area contributed by atoms with E-state index in [1.807, 2.05) is 30.3 Å². The van der Waals surface area contributed by atoms with E-state index in [1.165, 1.54) is 19.4 Å². The molecular weight excluding hydrogens is 238 g/mol. The number of hydrogen-bond donors (Lipinski definition) is 1. The van der Waals surface area contributed by atoms with Crippen LogP contribution in [0.3, 0.4) is 0 Å². The van der Waals surface area contributed by atoms with E-state index in [0.29, 0.717) is 0 Å². The lowest BCUT2D eigenvalue weighted by Crippen LogP contribution is -2.30. The molecule has 0 amide bonds. The summed E-state index contributed by atoms with van der Waals surface area (Å²) in [6, 6.07) is 2.00. The lowest BCUT2D eigenvalue weighted by Gasteiger charge is -2.21. The molecule has 0 unspecified atom stereocenters. The number of thioether (sulfide) groups is 2. The minimum atomic E-state index is 0.798. The molecule has 2 rings (SSSR count). The molecule has 1 aliphatic heterocycles. The summed E-state index contributed by atoms with van der Waals surface area (Å²) >= 11 is 3.45. The Morgan fingerprint density at radius 3 is 3.25 bits per heavy atom. The van der Waals surface area contributed by atoms with Crippen molar-refractivity contribution in [3.63, 3.8) is 0 Å². The van der Waals surface area contributed by atoms with Crippen molar-refractivity contribution in [3.8, 4) is 0 Å². The normalized spacial score (nSPS) is 20.9. The van der Waals surface area contributed by atoms with Crippen molar-refractivity contribution in [3.05, 3.63) is 12.3 Å². The highest BCUT2D eigenvalue weighted by Gasteiger charge is 2.13. The van der Waals surface area contributed by atoms with Crippen LogP contribution < -0.4 is 5.32 Å². The summed E-state index contributed by atoms with van der Waals surface area (Å²) in [6.07, 6.45) is 6.51. The smallest absolute Gasteiger partial charge is 0.188 e. The van der Waals surface area contributed by atoms with Gasteiger partial charge in [0.1, 0.15) is 5.03 Å². The quantitative estimate of drug-likeness (QED) is 0.507. The Kier molecular flexibility index (Phi) is 4.93. The maximum Gasteiger partial charge on any atom is 0.188 e. The van der Waals surface area contributed by atoms with E-state index < -0.39 is 0 Å². The van der Waals surface area contributed by atoms with Gasteiger partial charge in [-0.25, -0.2) is 9.97 Å². The van der Waals surface area contributed by atoms with Crippen LogP contribution in [0.1, 0.15) is 12.8 Å². The monoisotopic (exact) mass is 255 g/mol. The average Bonchev–Trinajstić information content (AvgIpc) is 2.38. The standard InChI is InChI=1S/C11H17N3S2/c1-15-11-13-6-4-10(14-11)16-8-9-3-2-5-12-7-9/h4,6,9,12H,2-3,5,7-8H2,1H3/t9-/m0/s1. The number of rotatable bonds is 4. The molecule has 0 bridgehead atoms. The largest absolute Gasteiger partial charge is 0.316 e. The maximum absolute atomic E-state index is 4.47. The minimum absolute atomic E-state index is 0.798. The van der Waals surface area contributed by atoms with E-state index >= 15 is 0 Å². The second-order valence-corrected chi connectivity index (χ2v) is 5.72. The summed E-state index contributed by atoms with van der Waals surface area (Å²) in [4.78, 5) is 8.65. The van der Waals surface area contributed by atoms with Gasteiger partial charge in [-0.15, -0.1) is 11.8 Å². The number of nitrogens with one attached hydrogen (secondary N) is 1. The van der Waals surface area contributed by atoms with E-state index in [-0.39, 0.29) is 0 Å². The Bertz CT molecular complexity index is 327. The summed E-state index contributed by atoms with van der Waals surface area (Å²) in [6.45, 7) is 2.35.